The van der Waals surface area contributed by atoms with Gasteiger partial charge in [0.05, 0.1) is 24.4 Å². The zero-order chi connectivity index (χ0) is 33.4. The summed E-state index contributed by atoms with van der Waals surface area (Å²) in [5.74, 6) is -3.79. The van der Waals surface area contributed by atoms with Gasteiger partial charge < -0.3 is 29.0 Å². The number of Topliss-reactive ketones (excluding diaryl/α,β-unsaturated/α-hetero) is 2. The lowest BCUT2D eigenvalue weighted by Crippen LogP contribution is -2.59. The highest BCUT2D eigenvalue weighted by molar-refractivity contribution is 6.38. The fourth-order valence-corrected chi connectivity index (χ4v) is 6.90. The summed E-state index contributed by atoms with van der Waals surface area (Å²) in [7, 11) is 3.04. The number of methoxy groups -OCH3 is 2. The van der Waals surface area contributed by atoms with Crippen LogP contribution in [0.5, 0.6) is 0 Å². The van der Waals surface area contributed by atoms with Crippen molar-refractivity contribution in [1.82, 2.24) is 4.90 Å². The minimum Gasteiger partial charge on any atom is -0.461 e. The molecule has 1 amide bonds. The summed E-state index contributed by atoms with van der Waals surface area (Å²) >= 11 is 0. The van der Waals surface area contributed by atoms with Crippen LogP contribution in [-0.2, 0) is 38.1 Å². The highest BCUT2D eigenvalue weighted by Crippen LogP contribution is 2.38. The van der Waals surface area contributed by atoms with E-state index >= 15 is 0 Å². The number of ketones is 2. The Morgan fingerprint density at radius 1 is 1.00 bits per heavy atom. The number of allylic oxidation sites excluding steroid dienone is 5. The van der Waals surface area contributed by atoms with Crippen LogP contribution < -0.4 is 0 Å². The molecule has 0 saturated carbocycles. The van der Waals surface area contributed by atoms with Crippen molar-refractivity contribution >= 4 is 23.4 Å². The van der Waals surface area contributed by atoms with E-state index in [2.05, 4.69) is 13.0 Å². The zero-order valence-electron chi connectivity index (χ0n) is 28.1. The van der Waals surface area contributed by atoms with Gasteiger partial charge in [-0.3, -0.25) is 14.4 Å². The largest absolute Gasteiger partial charge is 0.461 e. The van der Waals surface area contributed by atoms with E-state index in [4.69, 9.17) is 18.9 Å². The fourth-order valence-electron chi connectivity index (χ4n) is 6.90. The molecule has 0 aromatic rings. The molecule has 45 heavy (non-hydrogen) atoms. The van der Waals surface area contributed by atoms with Gasteiger partial charge >= 0.3 is 5.97 Å². The molecule has 10 nitrogen and oxygen atoms in total. The zero-order valence-corrected chi connectivity index (χ0v) is 28.1. The number of aliphatic hydroxyl groups is 1. The molecule has 0 aromatic heterocycles. The van der Waals surface area contributed by atoms with Crippen LogP contribution in [-0.4, -0.2) is 96.9 Å². The number of aliphatic hydroxyl groups excluding tert-OH is 1. The number of hydrogen-bond donors (Lipinski definition) is 1. The molecule has 252 valence electrons. The Morgan fingerprint density at radius 3 is 2.33 bits per heavy atom. The number of carbonyl (C=O) groups is 4. The Morgan fingerprint density at radius 2 is 1.69 bits per heavy atom. The Hall–Kier alpha value is -2.66. The minimum absolute atomic E-state index is 0.106. The Kier molecular flexibility index (Phi) is 13.7. The monoisotopic (exact) mass is 631 g/mol. The maximum absolute atomic E-state index is 14.0. The van der Waals surface area contributed by atoms with Gasteiger partial charge in [0.2, 0.25) is 0 Å². The van der Waals surface area contributed by atoms with Crippen LogP contribution in [0.15, 0.2) is 36.0 Å². The first kappa shape index (κ1) is 36.8. The predicted octanol–water partition coefficient (Wildman–Crippen LogP) is 3.99. The van der Waals surface area contributed by atoms with Crippen LogP contribution >= 0.6 is 0 Å². The van der Waals surface area contributed by atoms with Crippen LogP contribution in [0.25, 0.3) is 0 Å². The molecule has 2 aliphatic heterocycles. The number of piperidine rings is 1. The van der Waals surface area contributed by atoms with E-state index in [9.17, 15) is 24.3 Å². The molecule has 1 N–H and O–H groups in total. The molecule has 10 atom stereocenters. The van der Waals surface area contributed by atoms with Gasteiger partial charge in [-0.1, -0.05) is 51.2 Å². The number of esters is 1. The molecule has 0 bridgehead atoms. The van der Waals surface area contributed by atoms with Gasteiger partial charge in [-0.05, 0) is 70.3 Å². The average molecular weight is 632 g/mol. The van der Waals surface area contributed by atoms with Crippen molar-refractivity contribution in [2.75, 3.05) is 20.8 Å². The fraction of sp³-hybridized carbons (Fsp3) is 0.714. The molecule has 0 aromatic carbocycles. The van der Waals surface area contributed by atoms with Crippen LogP contribution in [0.4, 0.5) is 0 Å². The van der Waals surface area contributed by atoms with E-state index in [1.807, 2.05) is 38.2 Å². The third kappa shape index (κ3) is 8.99. The van der Waals surface area contributed by atoms with Crippen molar-refractivity contribution in [3.63, 3.8) is 0 Å². The predicted molar refractivity (Wildman–Crippen MR) is 169 cm³/mol. The summed E-state index contributed by atoms with van der Waals surface area (Å²) in [6.07, 6.45) is 6.98. The summed E-state index contributed by atoms with van der Waals surface area (Å²) in [6, 6.07) is -0.880. The van der Waals surface area contributed by atoms with Crippen LogP contribution in [0.3, 0.4) is 0 Å². The Balaban J connectivity index is 1.99. The number of amides is 1. The summed E-state index contributed by atoms with van der Waals surface area (Å²) in [5.41, 5.74) is 0.822. The maximum Gasteiger partial charge on any atom is 0.329 e. The van der Waals surface area contributed by atoms with Gasteiger partial charge in [0, 0.05) is 32.6 Å². The number of hydrogen-bond acceptors (Lipinski definition) is 9. The van der Waals surface area contributed by atoms with Gasteiger partial charge in [0.25, 0.3) is 11.7 Å². The van der Waals surface area contributed by atoms with Gasteiger partial charge in [0.1, 0.15) is 12.1 Å². The van der Waals surface area contributed by atoms with Gasteiger partial charge in [-0.15, -0.1) is 0 Å². The minimum atomic E-state index is -1.49. The number of carbonyl (C=O) groups excluding carboxylic acids is 4. The van der Waals surface area contributed by atoms with Gasteiger partial charge in [-0.25, -0.2) is 4.79 Å². The molecule has 1 aliphatic carbocycles. The summed E-state index contributed by atoms with van der Waals surface area (Å²) < 4.78 is 23.7. The molecule has 0 spiro atoms. The normalized spacial score (nSPS) is 37.8. The van der Waals surface area contributed by atoms with Crippen molar-refractivity contribution in [3.05, 3.63) is 36.0 Å². The smallest absolute Gasteiger partial charge is 0.329 e. The lowest BCUT2D eigenvalue weighted by atomic mass is 9.75. The van der Waals surface area contributed by atoms with Crippen LogP contribution in [0.1, 0.15) is 73.6 Å². The van der Waals surface area contributed by atoms with Crippen molar-refractivity contribution in [1.29, 1.82) is 0 Å². The molecule has 2 saturated heterocycles. The van der Waals surface area contributed by atoms with Gasteiger partial charge in [0.15, 0.2) is 11.9 Å². The summed E-state index contributed by atoms with van der Waals surface area (Å²) in [4.78, 5) is 55.6. The molecule has 3 rings (SSSR count). The van der Waals surface area contributed by atoms with E-state index in [1.165, 1.54) is 12.0 Å². The standard InChI is InChI=1S/C35H53NO9/c1-20(2)44-35(41)25-16-12-13-17-36(25)34(40)30(39)33-29(38)24(6)19-26(45-33)27-31(42-7)22(4)15-11-9-10-14-21(3)18-23(5)28(37)32(27)43-8/h9-11,14-15,20-21,23-27,29,31-33,38H,12-13,16-19H2,1-8H3/b11-9+,14-10-,22-15+/t21-,23+,24?,25?,26+,27?,29-,31+,32?,33-/m1/s1. The summed E-state index contributed by atoms with van der Waals surface area (Å²) in [5, 5.41) is 11.2. The molecule has 0 radical (unpaired) electrons. The highest BCUT2D eigenvalue weighted by atomic mass is 16.5. The first-order valence-electron chi connectivity index (χ1n) is 16.3. The molecular formula is C35H53NO9. The maximum atomic E-state index is 14.0. The number of ether oxygens (including phenoxy) is 4. The summed E-state index contributed by atoms with van der Waals surface area (Å²) in [6.45, 7) is 11.3. The third-order valence-corrected chi connectivity index (χ3v) is 9.27. The van der Waals surface area contributed by atoms with Gasteiger partial charge in [-0.2, -0.15) is 0 Å². The Labute approximate surface area is 268 Å². The van der Waals surface area contributed by atoms with E-state index in [0.29, 0.717) is 25.7 Å². The molecule has 2 fully saturated rings. The van der Waals surface area contributed by atoms with E-state index in [-0.39, 0.29) is 30.3 Å². The van der Waals surface area contributed by atoms with E-state index in [1.54, 1.807) is 27.9 Å². The molecule has 4 unspecified atom stereocenters. The van der Waals surface area contributed by atoms with Crippen LogP contribution in [0.2, 0.25) is 0 Å². The molecule has 10 heteroatoms. The number of nitrogens with zero attached hydrogens (tertiary/aromatic N) is 1. The molecule has 2 heterocycles. The van der Waals surface area contributed by atoms with Crippen molar-refractivity contribution in [3.8, 4) is 0 Å². The molecular weight excluding hydrogens is 578 g/mol. The van der Waals surface area contributed by atoms with Crippen molar-refractivity contribution < 1.29 is 43.2 Å². The van der Waals surface area contributed by atoms with Crippen molar-refractivity contribution in [2.45, 2.75) is 116 Å². The number of likely N-dealkylation sites (tertiary alicyclic amines) is 1. The molecule has 3 aliphatic rings. The lowest BCUT2D eigenvalue weighted by Gasteiger charge is -2.45. The Bertz CT molecular complexity index is 1140. The topological polar surface area (TPSA) is 129 Å². The van der Waals surface area contributed by atoms with E-state index < -0.39 is 66.1 Å². The second kappa shape index (κ2) is 16.8. The number of rotatable bonds is 7. The first-order chi connectivity index (χ1) is 21.3. The highest BCUT2D eigenvalue weighted by Gasteiger charge is 2.51. The first-order valence-corrected chi connectivity index (χ1v) is 16.3. The SMILES string of the molecule is COC1C(=O)[C@@H](C)C[C@H](C)\C=C/C=C/C=C(\C)[C@H](OC)C1[C@@H]1CC(C)[C@@H](O)[C@H](C(=O)C(=O)N2CCCCC2C(=O)OC(C)C)O1. The third-order valence-electron chi connectivity index (χ3n) is 9.27. The van der Waals surface area contributed by atoms with E-state index in [0.717, 1.165) is 12.0 Å². The van der Waals surface area contributed by atoms with Crippen molar-refractivity contribution in [2.24, 2.45) is 23.7 Å². The quantitative estimate of drug-likeness (QED) is 0.328. The average Bonchev–Trinajstić information content (AvgIpc) is 3.01. The van der Waals surface area contributed by atoms with Crippen LogP contribution in [0, 0.1) is 23.7 Å². The second-order valence-electron chi connectivity index (χ2n) is 13.2. The lowest BCUT2D eigenvalue weighted by molar-refractivity contribution is -0.195. The second-order valence-corrected chi connectivity index (χ2v) is 13.2.